The van der Waals surface area contributed by atoms with Crippen LogP contribution in [0.4, 0.5) is 4.79 Å². The van der Waals surface area contributed by atoms with Gasteiger partial charge in [-0.1, -0.05) is 13.8 Å². The van der Waals surface area contributed by atoms with Gasteiger partial charge < -0.3 is 14.8 Å². The van der Waals surface area contributed by atoms with Crippen molar-refractivity contribution in [3.63, 3.8) is 0 Å². The highest BCUT2D eigenvalue weighted by Gasteiger charge is 2.31. The van der Waals surface area contributed by atoms with Crippen LogP contribution in [-0.4, -0.2) is 38.4 Å². The molecule has 0 spiro atoms. The number of carbonyl (C=O) groups excluding carboxylic acids is 1. The molecule has 3 aromatic rings. The zero-order valence-electron chi connectivity index (χ0n) is 21.9. The van der Waals surface area contributed by atoms with Crippen molar-refractivity contribution in [2.24, 2.45) is 5.92 Å². The third-order valence-corrected chi connectivity index (χ3v) is 5.28. The summed E-state index contributed by atoms with van der Waals surface area (Å²) < 4.78 is 13.3. The standard InChI is InChI=1S/C27H35N5O3/c1-17(2)14-27(8,30-25(33)35-26(5,6)7)16-34-23-10-9-20(13-21(23)15-28)22-11-18(3)29-24-12-19(4)31-32(22)24/h9-13,17H,14,16H2,1-8H3,(H,30,33). The number of benzene rings is 1. The van der Waals surface area contributed by atoms with Gasteiger partial charge in [-0.2, -0.15) is 10.4 Å². The van der Waals surface area contributed by atoms with Gasteiger partial charge in [0.05, 0.1) is 22.5 Å². The summed E-state index contributed by atoms with van der Waals surface area (Å²) in [5, 5.41) is 17.4. The number of nitrogens with zero attached hydrogens (tertiary/aromatic N) is 4. The zero-order valence-corrected chi connectivity index (χ0v) is 21.9. The van der Waals surface area contributed by atoms with E-state index in [2.05, 4.69) is 35.3 Å². The molecule has 2 heterocycles. The lowest BCUT2D eigenvalue weighted by atomic mass is 9.91. The summed E-state index contributed by atoms with van der Waals surface area (Å²) in [4.78, 5) is 17.0. The molecule has 0 saturated heterocycles. The van der Waals surface area contributed by atoms with Crippen LogP contribution in [0.1, 0.15) is 64.9 Å². The molecule has 8 heteroatoms. The van der Waals surface area contributed by atoms with Crippen LogP contribution in [0.3, 0.4) is 0 Å². The monoisotopic (exact) mass is 477 g/mol. The summed E-state index contributed by atoms with van der Waals surface area (Å²) in [7, 11) is 0. The molecule has 35 heavy (non-hydrogen) atoms. The fraction of sp³-hybridized carbons (Fsp3) is 0.481. The van der Waals surface area contributed by atoms with E-state index in [9.17, 15) is 10.1 Å². The predicted octanol–water partition coefficient (Wildman–Crippen LogP) is 5.59. The van der Waals surface area contributed by atoms with Crippen LogP contribution >= 0.6 is 0 Å². The number of hydrogen-bond donors (Lipinski definition) is 1. The molecule has 0 bridgehead atoms. The lowest BCUT2D eigenvalue weighted by Crippen LogP contribution is -2.52. The molecule has 1 aromatic carbocycles. The van der Waals surface area contributed by atoms with Crippen LogP contribution in [0.25, 0.3) is 16.9 Å². The fourth-order valence-corrected chi connectivity index (χ4v) is 4.16. The zero-order chi connectivity index (χ0) is 26.0. The van der Waals surface area contributed by atoms with Gasteiger partial charge in [0.2, 0.25) is 0 Å². The van der Waals surface area contributed by atoms with Gasteiger partial charge in [-0.25, -0.2) is 14.3 Å². The second-order valence-corrected chi connectivity index (χ2v) is 10.7. The molecule has 1 atom stereocenters. The van der Waals surface area contributed by atoms with Crippen molar-refractivity contribution in [1.29, 1.82) is 5.26 Å². The summed E-state index contributed by atoms with van der Waals surface area (Å²) in [5.74, 6) is 0.766. The highest BCUT2D eigenvalue weighted by Crippen LogP contribution is 2.29. The Bertz CT molecular complexity index is 1270. The van der Waals surface area contributed by atoms with E-state index in [1.54, 1.807) is 16.6 Å². The molecule has 0 radical (unpaired) electrons. The van der Waals surface area contributed by atoms with Crippen molar-refractivity contribution < 1.29 is 14.3 Å². The average Bonchev–Trinajstić information content (AvgIpc) is 3.09. The third kappa shape index (κ3) is 6.72. The minimum absolute atomic E-state index is 0.190. The third-order valence-electron chi connectivity index (χ3n) is 5.28. The summed E-state index contributed by atoms with van der Waals surface area (Å²) in [6.07, 6.45) is 0.186. The van der Waals surface area contributed by atoms with Crippen LogP contribution in [0.2, 0.25) is 0 Å². The van der Waals surface area contributed by atoms with Gasteiger partial charge in [0.15, 0.2) is 5.65 Å². The highest BCUT2D eigenvalue weighted by atomic mass is 16.6. The van der Waals surface area contributed by atoms with Gasteiger partial charge in [0.25, 0.3) is 0 Å². The molecule has 0 aliphatic rings. The van der Waals surface area contributed by atoms with E-state index in [0.717, 1.165) is 28.3 Å². The van der Waals surface area contributed by atoms with E-state index in [0.29, 0.717) is 23.7 Å². The molecule has 0 aliphatic heterocycles. The maximum Gasteiger partial charge on any atom is 0.408 e. The first-order chi connectivity index (χ1) is 16.3. The molecular weight excluding hydrogens is 442 g/mol. The molecule has 1 unspecified atom stereocenters. The molecule has 3 rings (SSSR count). The number of nitrogens with one attached hydrogen (secondary N) is 1. The quantitative estimate of drug-likeness (QED) is 0.476. The molecule has 186 valence electrons. The number of hydrogen-bond acceptors (Lipinski definition) is 6. The number of carbonyl (C=O) groups is 1. The number of alkyl carbamates (subject to hydrolysis) is 1. The second-order valence-electron chi connectivity index (χ2n) is 10.7. The molecule has 0 aliphatic carbocycles. The Morgan fingerprint density at radius 2 is 1.86 bits per heavy atom. The largest absolute Gasteiger partial charge is 0.490 e. The van der Waals surface area contributed by atoms with Gasteiger partial charge in [-0.15, -0.1) is 0 Å². The Balaban J connectivity index is 1.87. The van der Waals surface area contributed by atoms with E-state index >= 15 is 0 Å². The molecule has 8 nitrogen and oxygen atoms in total. The maximum atomic E-state index is 12.5. The van der Waals surface area contributed by atoms with Crippen molar-refractivity contribution in [2.45, 2.75) is 73.0 Å². The van der Waals surface area contributed by atoms with Crippen molar-refractivity contribution in [3.8, 4) is 23.1 Å². The van der Waals surface area contributed by atoms with Crippen molar-refractivity contribution in [3.05, 3.63) is 47.3 Å². The Hall–Kier alpha value is -3.60. The molecule has 0 saturated carbocycles. The lowest BCUT2D eigenvalue weighted by Gasteiger charge is -2.33. The minimum atomic E-state index is -0.678. The van der Waals surface area contributed by atoms with Gasteiger partial charge in [0.1, 0.15) is 24.0 Å². The summed E-state index contributed by atoms with van der Waals surface area (Å²) in [6, 6.07) is 11.6. The summed E-state index contributed by atoms with van der Waals surface area (Å²) in [6.45, 7) is 15.6. The molecular formula is C27H35N5O3. The maximum absolute atomic E-state index is 12.5. The van der Waals surface area contributed by atoms with E-state index in [1.807, 2.05) is 59.7 Å². The first-order valence-electron chi connectivity index (χ1n) is 11.8. The molecule has 0 fully saturated rings. The van der Waals surface area contributed by atoms with Crippen LogP contribution in [0.5, 0.6) is 5.75 Å². The highest BCUT2D eigenvalue weighted by molar-refractivity contribution is 5.69. The number of rotatable bonds is 7. The average molecular weight is 478 g/mol. The number of aromatic nitrogens is 3. The Kier molecular flexibility index (Phi) is 7.39. The van der Waals surface area contributed by atoms with Crippen LogP contribution in [0.15, 0.2) is 30.3 Å². The van der Waals surface area contributed by atoms with E-state index in [1.165, 1.54) is 0 Å². The normalized spacial score (nSPS) is 13.4. The van der Waals surface area contributed by atoms with Crippen LogP contribution in [-0.2, 0) is 4.74 Å². The Labute approximate surface area is 207 Å². The molecule has 1 amide bonds. The lowest BCUT2D eigenvalue weighted by molar-refractivity contribution is 0.0408. The predicted molar refractivity (Wildman–Crippen MR) is 135 cm³/mol. The first-order valence-corrected chi connectivity index (χ1v) is 11.8. The Morgan fingerprint density at radius 3 is 2.49 bits per heavy atom. The van der Waals surface area contributed by atoms with E-state index in [-0.39, 0.29) is 6.61 Å². The van der Waals surface area contributed by atoms with Gasteiger partial charge in [-0.3, -0.25) is 0 Å². The second kappa shape index (κ2) is 9.95. The minimum Gasteiger partial charge on any atom is -0.490 e. The SMILES string of the molecule is Cc1cc(-c2ccc(OCC(C)(CC(C)C)NC(=O)OC(C)(C)C)c(C#N)c2)n2nc(C)cc2n1. The Morgan fingerprint density at radius 1 is 1.14 bits per heavy atom. The number of fused-ring (bicyclic) bond motifs is 1. The van der Waals surface area contributed by atoms with Gasteiger partial charge >= 0.3 is 6.09 Å². The smallest absolute Gasteiger partial charge is 0.408 e. The van der Waals surface area contributed by atoms with Crippen molar-refractivity contribution in [1.82, 2.24) is 19.9 Å². The number of amides is 1. The number of nitriles is 1. The van der Waals surface area contributed by atoms with E-state index in [4.69, 9.17) is 9.47 Å². The van der Waals surface area contributed by atoms with Crippen LogP contribution in [0, 0.1) is 31.1 Å². The van der Waals surface area contributed by atoms with Gasteiger partial charge in [0, 0.05) is 17.3 Å². The summed E-state index contributed by atoms with van der Waals surface area (Å²) in [5.41, 5.74) is 3.30. The first kappa shape index (κ1) is 26.0. The van der Waals surface area contributed by atoms with Gasteiger partial charge in [-0.05, 0) is 78.1 Å². The number of ether oxygens (including phenoxy) is 2. The topological polar surface area (TPSA) is 102 Å². The molecule has 2 aromatic heterocycles. The van der Waals surface area contributed by atoms with Crippen molar-refractivity contribution >= 4 is 11.7 Å². The van der Waals surface area contributed by atoms with Crippen molar-refractivity contribution in [2.75, 3.05) is 6.61 Å². The van der Waals surface area contributed by atoms with Crippen LogP contribution < -0.4 is 10.1 Å². The summed E-state index contributed by atoms with van der Waals surface area (Å²) >= 11 is 0. The molecule has 1 N–H and O–H groups in total. The fourth-order valence-electron chi connectivity index (χ4n) is 4.16. The van der Waals surface area contributed by atoms with E-state index < -0.39 is 17.2 Å². The number of aryl methyl sites for hydroxylation is 2.